The van der Waals surface area contributed by atoms with Crippen LogP contribution in [0.2, 0.25) is 0 Å². The fourth-order valence-corrected chi connectivity index (χ4v) is 1.16. The van der Waals surface area contributed by atoms with Crippen molar-refractivity contribution in [1.82, 2.24) is 14.4 Å². The average Bonchev–Trinajstić information content (AvgIpc) is 2.60. The van der Waals surface area contributed by atoms with Crippen LogP contribution in [0.3, 0.4) is 0 Å². The van der Waals surface area contributed by atoms with Crippen LogP contribution in [0.5, 0.6) is 0 Å². The maximum absolute atomic E-state index is 8.62. The van der Waals surface area contributed by atoms with Gasteiger partial charge in [0, 0.05) is 12.4 Å². The number of nitrogens with two attached hydrogens (primary N) is 1. The molecule has 2 aromatic rings. The molecule has 5 nitrogen and oxygen atoms in total. The molecule has 0 aliphatic rings. The number of fused-ring (bicyclic) bond motifs is 1. The van der Waals surface area contributed by atoms with Crippen LogP contribution in [0, 0.1) is 11.3 Å². The molecular weight excluding hydrogens is 166 g/mol. The van der Waals surface area contributed by atoms with Gasteiger partial charge in [0.25, 0.3) is 0 Å². The van der Waals surface area contributed by atoms with Crippen molar-refractivity contribution >= 4 is 5.52 Å². The minimum Gasteiger partial charge on any atom is -0.311 e. The van der Waals surface area contributed by atoms with E-state index in [0.717, 1.165) is 5.52 Å². The molecule has 64 valence electrons. The first-order chi connectivity index (χ1) is 6.33. The summed E-state index contributed by atoms with van der Waals surface area (Å²) < 4.78 is 1.78. The van der Waals surface area contributed by atoms with E-state index in [0.29, 0.717) is 5.69 Å². The Labute approximate surface area is 74.5 Å². The second kappa shape index (κ2) is 2.84. The molecule has 5 heteroatoms. The van der Waals surface area contributed by atoms with E-state index in [9.17, 15) is 0 Å². The second-order valence-corrected chi connectivity index (χ2v) is 2.61. The molecule has 0 amide bonds. The molecule has 0 fully saturated rings. The Balaban J connectivity index is 2.66. The van der Waals surface area contributed by atoms with Crippen LogP contribution >= 0.6 is 0 Å². The monoisotopic (exact) mass is 173 g/mol. The predicted octanol–water partition coefficient (Wildman–Crippen LogP) is 0.253. The van der Waals surface area contributed by atoms with Crippen molar-refractivity contribution in [3.63, 3.8) is 0 Å². The highest BCUT2D eigenvalue weighted by atomic mass is 15.0. The van der Waals surface area contributed by atoms with Gasteiger partial charge < -0.3 is 10.1 Å². The van der Waals surface area contributed by atoms with E-state index in [4.69, 9.17) is 11.0 Å². The fraction of sp³-hybridized carbons (Fsp3) is 0.125. The van der Waals surface area contributed by atoms with Crippen molar-refractivity contribution in [1.29, 1.82) is 5.26 Å². The molecule has 13 heavy (non-hydrogen) atoms. The number of hydrogen-bond donors (Lipinski definition) is 1. The molecule has 0 aliphatic carbocycles. The Morgan fingerprint density at radius 3 is 3.23 bits per heavy atom. The number of rotatable bonds is 1. The van der Waals surface area contributed by atoms with Crippen molar-refractivity contribution in [3.05, 3.63) is 30.6 Å². The first-order valence-corrected chi connectivity index (χ1v) is 3.74. The van der Waals surface area contributed by atoms with Crippen LogP contribution in [-0.4, -0.2) is 14.4 Å². The Morgan fingerprint density at radius 1 is 1.62 bits per heavy atom. The first kappa shape index (κ1) is 7.71. The molecule has 2 rings (SSSR count). The van der Waals surface area contributed by atoms with Gasteiger partial charge in [-0.05, 0) is 0 Å². The smallest absolute Gasteiger partial charge is 0.138 e. The quantitative estimate of drug-likeness (QED) is 0.670. The molecule has 2 N–H and O–H groups in total. The summed E-state index contributed by atoms with van der Waals surface area (Å²) >= 11 is 0. The Morgan fingerprint density at radius 2 is 2.46 bits per heavy atom. The number of imidazole rings is 1. The zero-order valence-corrected chi connectivity index (χ0v) is 6.75. The summed E-state index contributed by atoms with van der Waals surface area (Å²) in [6.45, 7) is 0. The van der Waals surface area contributed by atoms with E-state index in [2.05, 4.69) is 9.97 Å². The molecule has 0 aromatic carbocycles. The number of aromatic nitrogens is 3. The highest BCUT2D eigenvalue weighted by molar-refractivity contribution is 5.52. The lowest BCUT2D eigenvalue weighted by molar-refractivity contribution is 0.896. The van der Waals surface area contributed by atoms with Gasteiger partial charge >= 0.3 is 0 Å². The lowest BCUT2D eigenvalue weighted by atomic mass is 10.2. The third kappa shape index (κ3) is 1.13. The third-order valence-electron chi connectivity index (χ3n) is 1.81. The Bertz CT molecular complexity index is 467. The molecule has 2 aromatic heterocycles. The van der Waals surface area contributed by atoms with Crippen molar-refractivity contribution in [2.24, 2.45) is 5.73 Å². The molecular formula is C8H7N5. The van der Waals surface area contributed by atoms with Crippen LogP contribution < -0.4 is 5.73 Å². The van der Waals surface area contributed by atoms with E-state index < -0.39 is 6.04 Å². The van der Waals surface area contributed by atoms with Gasteiger partial charge in [-0.1, -0.05) is 0 Å². The molecule has 0 spiro atoms. The summed E-state index contributed by atoms with van der Waals surface area (Å²) in [7, 11) is 0. The molecule has 0 saturated heterocycles. The van der Waals surface area contributed by atoms with E-state index in [1.54, 1.807) is 29.3 Å². The van der Waals surface area contributed by atoms with Crippen LogP contribution in [0.25, 0.3) is 5.52 Å². The summed E-state index contributed by atoms with van der Waals surface area (Å²) in [6.07, 6.45) is 6.66. The normalized spacial score (nSPS) is 12.6. The lowest BCUT2D eigenvalue weighted by Crippen LogP contribution is -2.08. The molecule has 1 unspecified atom stereocenters. The molecule has 0 bridgehead atoms. The standard InChI is InChI=1S/C8H7N5/c9-3-6(10)8-7-4-11-1-2-13(7)5-12-8/h1-2,4-6H,10H2. The van der Waals surface area contributed by atoms with Crippen molar-refractivity contribution < 1.29 is 0 Å². The van der Waals surface area contributed by atoms with Gasteiger partial charge in [-0.3, -0.25) is 4.98 Å². The average molecular weight is 173 g/mol. The van der Waals surface area contributed by atoms with Gasteiger partial charge in [0.2, 0.25) is 0 Å². The zero-order chi connectivity index (χ0) is 9.26. The van der Waals surface area contributed by atoms with Gasteiger partial charge in [0.1, 0.15) is 6.04 Å². The van der Waals surface area contributed by atoms with Crippen LogP contribution in [0.4, 0.5) is 0 Å². The van der Waals surface area contributed by atoms with Crippen LogP contribution in [-0.2, 0) is 0 Å². The minimum atomic E-state index is -0.686. The van der Waals surface area contributed by atoms with E-state index in [1.807, 2.05) is 6.07 Å². The van der Waals surface area contributed by atoms with Gasteiger partial charge in [-0.25, -0.2) is 4.98 Å². The van der Waals surface area contributed by atoms with Gasteiger partial charge in [-0.2, -0.15) is 5.26 Å². The fourth-order valence-electron chi connectivity index (χ4n) is 1.16. The molecule has 0 radical (unpaired) electrons. The van der Waals surface area contributed by atoms with Gasteiger partial charge in [0.15, 0.2) is 0 Å². The maximum atomic E-state index is 8.62. The van der Waals surface area contributed by atoms with Crippen molar-refractivity contribution in [2.45, 2.75) is 6.04 Å². The SMILES string of the molecule is N#CC(N)c1ncn2ccncc12. The largest absolute Gasteiger partial charge is 0.311 e. The van der Waals surface area contributed by atoms with E-state index in [-0.39, 0.29) is 0 Å². The topological polar surface area (TPSA) is 80.0 Å². The summed E-state index contributed by atoms with van der Waals surface area (Å²) in [5, 5.41) is 8.62. The molecule has 0 aliphatic heterocycles. The van der Waals surface area contributed by atoms with E-state index in [1.165, 1.54) is 0 Å². The molecule has 2 heterocycles. The lowest BCUT2D eigenvalue weighted by Gasteiger charge is -1.97. The highest BCUT2D eigenvalue weighted by Crippen LogP contribution is 2.13. The van der Waals surface area contributed by atoms with E-state index >= 15 is 0 Å². The highest BCUT2D eigenvalue weighted by Gasteiger charge is 2.11. The zero-order valence-electron chi connectivity index (χ0n) is 6.75. The molecule has 1 atom stereocenters. The number of hydrogen-bond acceptors (Lipinski definition) is 4. The van der Waals surface area contributed by atoms with Gasteiger partial charge in [0.05, 0.1) is 29.8 Å². The Kier molecular flexibility index (Phi) is 1.69. The third-order valence-corrected chi connectivity index (χ3v) is 1.81. The summed E-state index contributed by atoms with van der Waals surface area (Å²) in [6, 6.07) is 1.25. The predicted molar refractivity (Wildman–Crippen MR) is 45.5 cm³/mol. The first-order valence-electron chi connectivity index (χ1n) is 3.74. The number of nitriles is 1. The molecule has 0 saturated carbocycles. The minimum absolute atomic E-state index is 0.565. The van der Waals surface area contributed by atoms with Gasteiger partial charge in [-0.15, -0.1) is 0 Å². The van der Waals surface area contributed by atoms with Crippen LogP contribution in [0.1, 0.15) is 11.7 Å². The maximum Gasteiger partial charge on any atom is 0.138 e. The summed E-state index contributed by atoms with van der Waals surface area (Å²) in [5.74, 6) is 0. The van der Waals surface area contributed by atoms with Crippen LogP contribution in [0.15, 0.2) is 24.9 Å². The summed E-state index contributed by atoms with van der Waals surface area (Å²) in [5.41, 5.74) is 6.88. The Hall–Kier alpha value is -1.93. The van der Waals surface area contributed by atoms with Crippen molar-refractivity contribution in [3.8, 4) is 6.07 Å². The second-order valence-electron chi connectivity index (χ2n) is 2.61. The summed E-state index contributed by atoms with van der Waals surface area (Å²) in [4.78, 5) is 7.98. The van der Waals surface area contributed by atoms with Crippen molar-refractivity contribution in [2.75, 3.05) is 0 Å². The number of nitrogens with zero attached hydrogens (tertiary/aromatic N) is 4.